The third kappa shape index (κ3) is 14.3. The Morgan fingerprint density at radius 3 is 1.67 bits per heavy atom. The van der Waals surface area contributed by atoms with Gasteiger partial charge < -0.3 is 49.8 Å². The number of aromatic hydroxyl groups is 3. The molecule has 25 nitrogen and oxygen atoms in total. The summed E-state index contributed by atoms with van der Waals surface area (Å²) in [6.45, 7) is 18.5. The number of nitriles is 1. The van der Waals surface area contributed by atoms with E-state index in [9.17, 15) is 20.6 Å². The molecule has 12 heterocycles. The van der Waals surface area contributed by atoms with Gasteiger partial charge in [-0.05, 0) is 131 Å². The van der Waals surface area contributed by atoms with Crippen molar-refractivity contribution in [2.75, 3.05) is 68.1 Å². The predicted molar refractivity (Wildman–Crippen MR) is 341 cm³/mol. The number of benzene rings is 1. The summed E-state index contributed by atoms with van der Waals surface area (Å²) >= 11 is 0. The highest BCUT2D eigenvalue weighted by atomic mass is 16.5. The molecule has 90 heavy (non-hydrogen) atoms. The zero-order chi connectivity index (χ0) is 63.2. The van der Waals surface area contributed by atoms with Crippen LogP contribution in [-0.2, 0) is 7.05 Å². The SMILES string of the molecule is CN[C@@H]1CCN(c2ccc(-c3ncc(-c4cc(OC)ncn4)cc3O)nn2)C1.C[C@@H]1C[C@H](C)CN(c2ccc(-c3ncc(-c4cc(C#N)c5nn(C)cc5c4)cc3O)nn2)C1.Cc1ncc(-c2cnc(-c3ccc(N4CC[C@@H](NC(C)(C)C)C4)nn3)c(O)c2)o1. The molecule has 3 aliphatic rings. The highest BCUT2D eigenvalue weighted by molar-refractivity contribution is 5.89. The number of anilines is 3. The van der Waals surface area contributed by atoms with Crippen LogP contribution in [0.5, 0.6) is 23.1 Å². The first-order valence-corrected chi connectivity index (χ1v) is 29.8. The summed E-state index contributed by atoms with van der Waals surface area (Å²) in [6.07, 6.45) is 13.2. The monoisotopic (exact) mass is 1210 g/mol. The van der Waals surface area contributed by atoms with Crippen molar-refractivity contribution < 1.29 is 24.5 Å². The predicted octanol–water partition coefficient (Wildman–Crippen LogP) is 8.83. The third-order valence-corrected chi connectivity index (χ3v) is 15.8. The molecule has 4 atom stereocenters. The fourth-order valence-corrected chi connectivity index (χ4v) is 11.6. The van der Waals surface area contributed by atoms with Gasteiger partial charge in [0.25, 0.3) is 0 Å². The van der Waals surface area contributed by atoms with Gasteiger partial charge in [-0.15, -0.1) is 30.6 Å². The lowest BCUT2D eigenvalue weighted by Crippen LogP contribution is -2.45. The van der Waals surface area contributed by atoms with Gasteiger partial charge >= 0.3 is 0 Å². The number of fused-ring (bicyclic) bond motifs is 1. The number of aryl methyl sites for hydroxylation is 2. The molecule has 0 aliphatic carbocycles. The van der Waals surface area contributed by atoms with Gasteiger partial charge in [-0.25, -0.2) is 29.9 Å². The summed E-state index contributed by atoms with van der Waals surface area (Å²) in [4.78, 5) is 32.1. The Morgan fingerprint density at radius 1 is 0.611 bits per heavy atom. The Bertz CT molecular complexity index is 4160. The lowest BCUT2D eigenvalue weighted by Gasteiger charge is -2.35. The van der Waals surface area contributed by atoms with E-state index in [2.05, 4.69) is 132 Å². The van der Waals surface area contributed by atoms with Crippen LogP contribution < -0.4 is 30.1 Å². The van der Waals surface area contributed by atoms with E-state index in [1.807, 2.05) is 62.8 Å². The Morgan fingerprint density at radius 2 is 1.16 bits per heavy atom. The van der Waals surface area contributed by atoms with E-state index in [4.69, 9.17) is 9.15 Å². The number of nitrogens with zero attached hydrogens (tertiary/aromatic N) is 18. The summed E-state index contributed by atoms with van der Waals surface area (Å²) < 4.78 is 12.3. The van der Waals surface area contributed by atoms with Crippen molar-refractivity contribution in [3.8, 4) is 97.1 Å². The van der Waals surface area contributed by atoms with E-state index < -0.39 is 0 Å². The standard InChI is InChI=1S/C25H25N7O.C21H26N6O2.C19H21N7O2/c1-15-6-16(2)13-32(12-15)23-5-4-21(28-29-23)25-22(33)9-19(11-27-25)17-7-18(10-26)24-20(8-17)14-31(3)30-24;1-13-22-11-18(29-13)14-9-17(28)20(23-10-14)16-5-6-19(26-25-16)27-8-7-15(12-27)24-21(2,3)4;1-20-13-5-6-26(10-13)17-4-3-14(24-25-17)19-16(27)7-12(9-21-19)15-8-18(28-2)23-11-22-15/h4-5,7-9,11,14-16,33H,6,12-13H2,1-3H3;5-6,9-11,15,24,28H,7-8,12H2,1-4H3;3-4,7-9,11,13,20,27H,5-6,10H2,1-2H3/t15-,16+;15-;13-/m.11/s1. The van der Waals surface area contributed by atoms with Crippen LogP contribution in [0.25, 0.3) is 78.8 Å². The van der Waals surface area contributed by atoms with Crippen LogP contribution in [0.15, 0.2) is 115 Å². The maximum Gasteiger partial charge on any atom is 0.216 e. The normalized spacial score (nSPS) is 17.4. The minimum absolute atomic E-state index is 0.00792. The second-order valence-electron chi connectivity index (χ2n) is 24.1. The molecule has 0 unspecified atom stereocenters. The molecule has 5 N–H and O–H groups in total. The molecular formula is C65H72N20O5. The quantitative estimate of drug-likeness (QED) is 0.0762. The van der Waals surface area contributed by atoms with Crippen LogP contribution in [0, 0.1) is 30.1 Å². The van der Waals surface area contributed by atoms with E-state index in [0.29, 0.717) is 109 Å². The summed E-state index contributed by atoms with van der Waals surface area (Å²) in [5, 5.41) is 79.2. The average molecular weight is 1210 g/mol. The fourth-order valence-electron chi connectivity index (χ4n) is 11.6. The first kappa shape index (κ1) is 61.3. The molecule has 0 bridgehead atoms. The fraction of sp³-hybridized carbons (Fsp3) is 0.354. The van der Waals surface area contributed by atoms with Crippen LogP contribution in [-0.4, -0.2) is 157 Å². The maximum atomic E-state index is 10.7. The van der Waals surface area contributed by atoms with Crippen LogP contribution in [0.4, 0.5) is 17.5 Å². The van der Waals surface area contributed by atoms with Gasteiger partial charge in [0.1, 0.15) is 69.3 Å². The van der Waals surface area contributed by atoms with Crippen molar-refractivity contribution in [1.29, 1.82) is 5.26 Å². The van der Waals surface area contributed by atoms with Crippen molar-refractivity contribution in [2.24, 2.45) is 18.9 Å². The third-order valence-electron chi connectivity index (χ3n) is 15.8. The molecule has 9 aromatic heterocycles. The number of pyridine rings is 3. The topological polar surface area (TPSA) is 313 Å². The number of piperidine rings is 1. The second-order valence-corrected chi connectivity index (χ2v) is 24.1. The summed E-state index contributed by atoms with van der Waals surface area (Å²) in [5.41, 5.74) is 7.33. The number of ether oxygens (including phenoxy) is 1. The number of likely N-dealkylation sites (N-methyl/N-ethyl adjacent to an activating group) is 1. The minimum atomic E-state index is 0.00792. The number of hydrogen-bond acceptors (Lipinski definition) is 24. The molecule has 13 rings (SSSR count). The van der Waals surface area contributed by atoms with Gasteiger partial charge in [0, 0.05) is 124 Å². The molecule has 0 saturated carbocycles. The number of hydrogen-bond donors (Lipinski definition) is 5. The molecule has 25 heteroatoms. The number of nitrogens with one attached hydrogen (secondary N) is 2. The first-order valence-electron chi connectivity index (χ1n) is 29.8. The zero-order valence-corrected chi connectivity index (χ0v) is 51.8. The van der Waals surface area contributed by atoms with Crippen LogP contribution in [0.1, 0.15) is 65.3 Å². The van der Waals surface area contributed by atoms with Gasteiger partial charge in [-0.1, -0.05) is 13.8 Å². The lowest BCUT2D eigenvalue weighted by atomic mass is 9.92. The molecule has 1 aromatic carbocycles. The average Bonchev–Trinajstić information content (AvgIpc) is 1.67. The van der Waals surface area contributed by atoms with Crippen molar-refractivity contribution >= 4 is 28.4 Å². The summed E-state index contributed by atoms with van der Waals surface area (Å²) in [5.74, 6) is 5.37. The molecule has 462 valence electrons. The molecule has 10 aromatic rings. The second kappa shape index (κ2) is 26.6. The maximum absolute atomic E-state index is 10.7. The van der Waals surface area contributed by atoms with Gasteiger partial charge in [0.2, 0.25) is 5.88 Å². The van der Waals surface area contributed by atoms with E-state index >= 15 is 0 Å². The number of oxazole rings is 1. The number of aromatic nitrogens is 14. The minimum Gasteiger partial charge on any atom is -0.506 e. The van der Waals surface area contributed by atoms with Gasteiger partial charge in [0.05, 0.1) is 24.6 Å². The Labute approximate surface area is 521 Å². The van der Waals surface area contributed by atoms with E-state index in [-0.39, 0.29) is 22.8 Å². The summed E-state index contributed by atoms with van der Waals surface area (Å²) in [7, 11) is 5.33. The molecule has 0 amide bonds. The van der Waals surface area contributed by atoms with E-state index in [1.54, 1.807) is 66.7 Å². The highest BCUT2D eigenvalue weighted by Gasteiger charge is 2.28. The largest absolute Gasteiger partial charge is 0.506 e. The van der Waals surface area contributed by atoms with Crippen molar-refractivity contribution in [1.82, 2.24) is 80.9 Å². The van der Waals surface area contributed by atoms with Crippen molar-refractivity contribution in [3.63, 3.8) is 0 Å². The number of rotatable bonds is 12. The van der Waals surface area contributed by atoms with E-state index in [0.717, 1.165) is 80.5 Å². The van der Waals surface area contributed by atoms with Crippen LogP contribution in [0.3, 0.4) is 0 Å². The molecule has 0 radical (unpaired) electrons. The van der Waals surface area contributed by atoms with Crippen LogP contribution in [0.2, 0.25) is 0 Å². The Hall–Kier alpha value is -10.3. The van der Waals surface area contributed by atoms with Gasteiger partial charge in [-0.3, -0.25) is 4.68 Å². The molecule has 3 fully saturated rings. The molecule has 3 saturated heterocycles. The number of methoxy groups -OCH3 is 1. The highest BCUT2D eigenvalue weighted by Crippen LogP contribution is 2.36. The van der Waals surface area contributed by atoms with E-state index in [1.165, 1.54) is 19.9 Å². The lowest BCUT2D eigenvalue weighted by molar-refractivity contribution is 0.355. The van der Waals surface area contributed by atoms with Crippen molar-refractivity contribution in [3.05, 3.63) is 122 Å². The first-order chi connectivity index (χ1) is 43.4. The van der Waals surface area contributed by atoms with Gasteiger partial charge in [-0.2, -0.15) is 10.4 Å². The molecule has 3 aliphatic heterocycles. The molecule has 0 spiro atoms. The molecular weight excluding hydrogens is 1140 g/mol. The Kier molecular flexibility index (Phi) is 18.1. The smallest absolute Gasteiger partial charge is 0.216 e. The van der Waals surface area contributed by atoms with Crippen LogP contribution >= 0.6 is 0 Å². The Balaban J connectivity index is 0.000000139. The zero-order valence-electron chi connectivity index (χ0n) is 51.8. The van der Waals surface area contributed by atoms with Crippen molar-refractivity contribution in [2.45, 2.75) is 78.4 Å². The summed E-state index contributed by atoms with van der Waals surface area (Å²) in [6, 6.07) is 24.6. The van der Waals surface area contributed by atoms with Gasteiger partial charge in [0.15, 0.2) is 29.1 Å².